The Bertz CT molecular complexity index is 1380. The van der Waals surface area contributed by atoms with Crippen molar-refractivity contribution in [3.63, 3.8) is 0 Å². The number of rotatable bonds is 6. The number of aromatic nitrogens is 2. The highest BCUT2D eigenvalue weighted by Gasteiger charge is 2.40. The van der Waals surface area contributed by atoms with Crippen LogP contribution in [-0.4, -0.2) is 30.7 Å². The number of anilines is 2. The first-order valence-corrected chi connectivity index (χ1v) is 12.8. The van der Waals surface area contributed by atoms with Gasteiger partial charge in [0.25, 0.3) is 10.0 Å². The largest absolute Gasteiger partial charge is 0.573 e. The lowest BCUT2D eigenvalue weighted by molar-refractivity contribution is -0.274. The average Bonchev–Trinajstić information content (AvgIpc) is 3.30. The summed E-state index contributed by atoms with van der Waals surface area (Å²) < 4.78 is 88.0. The van der Waals surface area contributed by atoms with Gasteiger partial charge in [0.1, 0.15) is 22.8 Å². The van der Waals surface area contributed by atoms with Gasteiger partial charge < -0.3 is 9.64 Å². The Hall–Kier alpha value is -2.35. The number of halogens is 6. The van der Waals surface area contributed by atoms with E-state index in [0.29, 0.717) is 17.8 Å². The molecule has 3 aromatic rings. The molecule has 0 unspecified atom stereocenters. The van der Waals surface area contributed by atoms with E-state index in [1.54, 1.807) is 18.7 Å². The van der Waals surface area contributed by atoms with Gasteiger partial charge >= 0.3 is 6.36 Å². The smallest absolute Gasteiger partial charge is 0.404 e. The molecular formula is C20H16Cl2F4N4O3S2. The Morgan fingerprint density at radius 3 is 2.60 bits per heavy atom. The van der Waals surface area contributed by atoms with Crippen LogP contribution < -0.4 is 14.4 Å². The van der Waals surface area contributed by atoms with Crippen molar-refractivity contribution in [2.75, 3.05) is 16.2 Å². The van der Waals surface area contributed by atoms with E-state index >= 15 is 0 Å². The van der Waals surface area contributed by atoms with Gasteiger partial charge in [0.05, 0.1) is 5.02 Å². The Labute approximate surface area is 211 Å². The second-order valence-electron chi connectivity index (χ2n) is 8.29. The monoisotopic (exact) mass is 570 g/mol. The Morgan fingerprint density at radius 1 is 1.26 bits per heavy atom. The Balaban J connectivity index is 1.65. The van der Waals surface area contributed by atoms with Crippen LogP contribution in [0.3, 0.4) is 0 Å². The fraction of sp³-hybridized carbons (Fsp3) is 0.300. The summed E-state index contributed by atoms with van der Waals surface area (Å²) in [6.07, 6.45) is -3.76. The maximum Gasteiger partial charge on any atom is 0.573 e. The zero-order valence-corrected chi connectivity index (χ0v) is 21.1. The molecule has 0 atom stereocenters. The van der Waals surface area contributed by atoms with Crippen LogP contribution in [0.25, 0.3) is 0 Å². The zero-order chi connectivity index (χ0) is 25.8. The molecule has 7 nitrogen and oxygen atoms in total. The Kier molecular flexibility index (Phi) is 6.58. The van der Waals surface area contributed by atoms with E-state index in [2.05, 4.69) is 18.8 Å². The fourth-order valence-electron chi connectivity index (χ4n) is 3.93. The van der Waals surface area contributed by atoms with Crippen LogP contribution in [0, 0.1) is 5.82 Å². The second kappa shape index (κ2) is 8.95. The molecule has 0 saturated heterocycles. The third-order valence-electron chi connectivity index (χ3n) is 5.25. The van der Waals surface area contributed by atoms with E-state index in [4.69, 9.17) is 23.2 Å². The van der Waals surface area contributed by atoms with Crippen molar-refractivity contribution < 1.29 is 30.7 Å². The molecule has 1 N–H and O–H groups in total. The standard InChI is InChI=1S/C20H16Cl2F4N4O3S2/c1-19(2)8-30(13-3-4-14(17(22)16(13)19)33-20(24,25)26)7-10-5-12(23)15(6-11(10)21)35(31,32)29-18-27-9-28-34-18/h3-6,9H,7-8H2,1-2H3,(H,27,28,29). The zero-order valence-electron chi connectivity index (χ0n) is 18.0. The maximum absolute atomic E-state index is 14.9. The first-order chi connectivity index (χ1) is 16.2. The lowest BCUT2D eigenvalue weighted by atomic mass is 9.87. The van der Waals surface area contributed by atoms with Crippen LogP contribution in [0.2, 0.25) is 10.0 Å². The number of hydrogen-bond acceptors (Lipinski definition) is 7. The molecule has 0 amide bonds. The molecule has 0 fully saturated rings. The first kappa shape index (κ1) is 25.7. The van der Waals surface area contributed by atoms with Gasteiger partial charge in [-0.15, -0.1) is 13.2 Å². The maximum atomic E-state index is 14.9. The molecule has 0 radical (unpaired) electrons. The molecule has 1 aromatic heterocycles. The summed E-state index contributed by atoms with van der Waals surface area (Å²) in [7, 11) is -4.31. The fourth-order valence-corrected chi connectivity index (χ4v) is 6.42. The van der Waals surface area contributed by atoms with E-state index in [1.165, 1.54) is 6.07 Å². The molecule has 0 bridgehead atoms. The molecule has 2 aromatic carbocycles. The third kappa shape index (κ3) is 5.27. The van der Waals surface area contributed by atoms with E-state index in [0.717, 1.165) is 36.1 Å². The SMILES string of the molecule is CC1(C)CN(Cc2cc(F)c(S(=O)(=O)Nc3ncns3)cc2Cl)c2ccc(OC(F)(F)F)c(Cl)c21. The van der Waals surface area contributed by atoms with Crippen molar-refractivity contribution >= 4 is 55.6 Å². The van der Waals surface area contributed by atoms with E-state index < -0.39 is 38.3 Å². The molecule has 1 aliphatic heterocycles. The van der Waals surface area contributed by atoms with Crippen LogP contribution in [0.4, 0.5) is 28.4 Å². The minimum absolute atomic E-state index is 0.0154. The highest BCUT2D eigenvalue weighted by molar-refractivity contribution is 7.93. The topological polar surface area (TPSA) is 84.4 Å². The summed E-state index contributed by atoms with van der Waals surface area (Å²) in [6.45, 7) is 3.97. The number of alkyl halides is 3. The van der Waals surface area contributed by atoms with Gasteiger partial charge in [-0.25, -0.2) is 17.8 Å². The molecular weight excluding hydrogens is 555 g/mol. The number of hydrogen-bond donors (Lipinski definition) is 1. The predicted octanol–water partition coefficient (Wildman–Crippen LogP) is 5.98. The van der Waals surface area contributed by atoms with Crippen LogP contribution in [0.1, 0.15) is 25.0 Å². The van der Waals surface area contributed by atoms with Gasteiger partial charge in [0.15, 0.2) is 0 Å². The summed E-state index contributed by atoms with van der Waals surface area (Å²) in [5.74, 6) is -1.55. The minimum atomic E-state index is -4.90. The van der Waals surface area contributed by atoms with Crippen LogP contribution in [0.15, 0.2) is 35.5 Å². The van der Waals surface area contributed by atoms with Gasteiger partial charge in [0, 0.05) is 46.3 Å². The molecule has 1 aliphatic rings. The van der Waals surface area contributed by atoms with Crippen LogP contribution >= 0.6 is 34.7 Å². The number of fused-ring (bicyclic) bond motifs is 1. The molecule has 2 heterocycles. The van der Waals surface area contributed by atoms with Gasteiger partial charge in [-0.2, -0.15) is 4.37 Å². The quantitative estimate of drug-likeness (QED) is 0.367. The first-order valence-electron chi connectivity index (χ1n) is 9.79. The molecule has 0 aliphatic carbocycles. The van der Waals surface area contributed by atoms with Crippen molar-refractivity contribution in [3.8, 4) is 5.75 Å². The van der Waals surface area contributed by atoms with E-state index in [-0.39, 0.29) is 27.3 Å². The number of benzene rings is 2. The Morgan fingerprint density at radius 2 is 1.97 bits per heavy atom. The van der Waals surface area contributed by atoms with Crippen molar-refractivity contribution in [2.45, 2.75) is 37.1 Å². The van der Waals surface area contributed by atoms with E-state index in [9.17, 15) is 26.0 Å². The lowest BCUT2D eigenvalue weighted by Gasteiger charge is -2.23. The van der Waals surface area contributed by atoms with Crippen molar-refractivity contribution in [1.29, 1.82) is 0 Å². The summed E-state index contributed by atoms with van der Waals surface area (Å²) in [4.78, 5) is 4.81. The third-order valence-corrected chi connectivity index (χ3v) is 8.04. The minimum Gasteiger partial charge on any atom is -0.404 e. The average molecular weight is 571 g/mol. The van der Waals surface area contributed by atoms with Gasteiger partial charge in [-0.05, 0) is 29.8 Å². The van der Waals surface area contributed by atoms with Gasteiger partial charge in [-0.1, -0.05) is 37.0 Å². The van der Waals surface area contributed by atoms with Crippen molar-refractivity contribution in [3.05, 3.63) is 57.6 Å². The molecule has 35 heavy (non-hydrogen) atoms. The normalized spacial score (nSPS) is 15.3. The summed E-state index contributed by atoms with van der Waals surface area (Å²) in [5.41, 5.74) is 0.574. The molecule has 4 rings (SSSR count). The van der Waals surface area contributed by atoms with Crippen molar-refractivity contribution in [2.24, 2.45) is 0 Å². The predicted molar refractivity (Wildman–Crippen MR) is 124 cm³/mol. The highest BCUT2D eigenvalue weighted by Crippen LogP contribution is 2.49. The van der Waals surface area contributed by atoms with Crippen LogP contribution in [-0.2, 0) is 22.0 Å². The highest BCUT2D eigenvalue weighted by atomic mass is 35.5. The van der Waals surface area contributed by atoms with E-state index in [1.807, 2.05) is 0 Å². The summed E-state index contributed by atoms with van der Waals surface area (Å²) in [6, 6.07) is 4.54. The summed E-state index contributed by atoms with van der Waals surface area (Å²) >= 11 is 13.4. The number of nitrogens with zero attached hydrogens (tertiary/aromatic N) is 3. The molecule has 15 heteroatoms. The number of sulfonamides is 1. The lowest BCUT2D eigenvalue weighted by Crippen LogP contribution is -2.28. The molecule has 0 saturated carbocycles. The number of ether oxygens (including phenoxy) is 1. The summed E-state index contributed by atoms with van der Waals surface area (Å²) in [5, 5.41) is -0.224. The van der Waals surface area contributed by atoms with Gasteiger partial charge in [-0.3, -0.25) is 4.72 Å². The molecule has 0 spiro atoms. The van der Waals surface area contributed by atoms with Crippen molar-refractivity contribution in [1.82, 2.24) is 9.36 Å². The van der Waals surface area contributed by atoms with Gasteiger partial charge in [0.2, 0.25) is 5.13 Å². The molecule has 188 valence electrons. The number of nitrogens with one attached hydrogen (secondary N) is 1. The van der Waals surface area contributed by atoms with Crippen LogP contribution in [0.5, 0.6) is 5.75 Å². The second-order valence-corrected chi connectivity index (χ2v) is 11.5.